The van der Waals surface area contributed by atoms with E-state index in [0.29, 0.717) is 38.8 Å². The van der Waals surface area contributed by atoms with Gasteiger partial charge in [0.1, 0.15) is 4.64 Å². The van der Waals surface area contributed by atoms with Crippen molar-refractivity contribution in [2.24, 2.45) is 0 Å². The zero-order valence-electron chi connectivity index (χ0n) is 11.9. The van der Waals surface area contributed by atoms with E-state index in [-0.39, 0.29) is 0 Å². The summed E-state index contributed by atoms with van der Waals surface area (Å²) in [5.74, 6) is 1.73. The number of rotatable bonds is 5. The molecule has 6 nitrogen and oxygen atoms in total. The van der Waals surface area contributed by atoms with Gasteiger partial charge in [0, 0.05) is 6.42 Å². The van der Waals surface area contributed by atoms with E-state index in [1.165, 1.54) is 0 Å². The Bertz CT molecular complexity index is 730. The van der Waals surface area contributed by atoms with Crippen LogP contribution in [0.1, 0.15) is 11.3 Å². The summed E-state index contributed by atoms with van der Waals surface area (Å²) in [5.41, 5.74) is 1.62. The molecule has 0 fully saturated rings. The third kappa shape index (κ3) is 3.40. The number of H-pyrrole nitrogens is 2. The lowest BCUT2D eigenvalue weighted by molar-refractivity contribution is 0.324. The van der Waals surface area contributed by atoms with Crippen molar-refractivity contribution in [3.05, 3.63) is 32.8 Å². The minimum absolute atomic E-state index is 0.397. The smallest absolute Gasteiger partial charge is 0.203 e. The molecule has 0 spiro atoms. The summed E-state index contributed by atoms with van der Waals surface area (Å²) >= 11 is 10.2. The number of aromatic nitrogens is 3. The summed E-state index contributed by atoms with van der Waals surface area (Å²) < 4.78 is 16.8. The van der Waals surface area contributed by atoms with Crippen LogP contribution in [-0.2, 0) is 6.42 Å². The molecule has 2 N–H and O–H groups in total. The van der Waals surface area contributed by atoms with E-state index in [1.807, 2.05) is 12.1 Å². The fourth-order valence-electron chi connectivity index (χ4n) is 1.92. The highest BCUT2D eigenvalue weighted by Crippen LogP contribution is 2.38. The van der Waals surface area contributed by atoms with Crippen LogP contribution in [0, 0.1) is 9.41 Å². The lowest BCUT2D eigenvalue weighted by atomic mass is 10.1. The van der Waals surface area contributed by atoms with Crippen molar-refractivity contribution in [3.8, 4) is 17.2 Å². The standard InChI is InChI=1S/C13H15N3O3S2/c1-17-9-5-7(6-10(18-2)11(9)19-3)4-8-12(20)14-13(21)16-15-8/h5-6H,4H2,1-3H3,(H2,14,16,20,21). The molecule has 0 saturated heterocycles. The average Bonchev–Trinajstić information content (AvgIpc) is 2.49. The fraction of sp³-hybridized carbons (Fsp3) is 0.308. The van der Waals surface area contributed by atoms with Crippen LogP contribution < -0.4 is 14.2 Å². The summed E-state index contributed by atoms with van der Waals surface area (Å²) in [5, 5.41) is 6.85. The van der Waals surface area contributed by atoms with E-state index in [2.05, 4.69) is 15.2 Å². The highest BCUT2D eigenvalue weighted by molar-refractivity contribution is 7.72. The van der Waals surface area contributed by atoms with Crippen LogP contribution in [0.3, 0.4) is 0 Å². The molecule has 2 rings (SSSR count). The van der Waals surface area contributed by atoms with Crippen LogP contribution in [0.5, 0.6) is 17.2 Å². The first-order chi connectivity index (χ1) is 10.1. The van der Waals surface area contributed by atoms with E-state index >= 15 is 0 Å². The van der Waals surface area contributed by atoms with Gasteiger partial charge in [-0.05, 0) is 29.9 Å². The van der Waals surface area contributed by atoms with Crippen LogP contribution >= 0.6 is 24.4 Å². The third-order valence-corrected chi connectivity index (χ3v) is 3.41. The predicted molar refractivity (Wildman–Crippen MR) is 83.5 cm³/mol. The Balaban J connectivity index is 2.44. The van der Waals surface area contributed by atoms with Gasteiger partial charge in [-0.2, -0.15) is 5.10 Å². The zero-order chi connectivity index (χ0) is 15.4. The van der Waals surface area contributed by atoms with Gasteiger partial charge in [-0.1, -0.05) is 12.2 Å². The molecule has 0 unspecified atom stereocenters. The van der Waals surface area contributed by atoms with Crippen molar-refractivity contribution in [2.75, 3.05) is 21.3 Å². The molecule has 0 amide bonds. The van der Waals surface area contributed by atoms with E-state index in [1.54, 1.807) is 21.3 Å². The first-order valence-corrected chi connectivity index (χ1v) is 6.87. The molecule has 0 radical (unpaired) electrons. The molecule has 1 aromatic carbocycles. The zero-order valence-corrected chi connectivity index (χ0v) is 13.5. The SMILES string of the molecule is COc1cc(Cc2n[nH]c(=S)[nH]c2=S)cc(OC)c1OC. The highest BCUT2D eigenvalue weighted by atomic mass is 32.1. The number of ether oxygens (including phenoxy) is 3. The molecule has 0 aliphatic carbocycles. The van der Waals surface area contributed by atoms with Crippen LogP contribution in [0.4, 0.5) is 0 Å². The minimum atomic E-state index is 0.397. The molecule has 0 saturated carbocycles. The van der Waals surface area contributed by atoms with Gasteiger partial charge < -0.3 is 19.2 Å². The number of hydrogen-bond acceptors (Lipinski definition) is 6. The van der Waals surface area contributed by atoms with Gasteiger partial charge in [0.25, 0.3) is 0 Å². The maximum Gasteiger partial charge on any atom is 0.203 e. The summed E-state index contributed by atoms with van der Waals surface area (Å²) in [6, 6.07) is 3.72. The summed E-state index contributed by atoms with van der Waals surface area (Å²) in [6.45, 7) is 0. The van der Waals surface area contributed by atoms with Crippen molar-refractivity contribution in [1.29, 1.82) is 0 Å². The average molecular weight is 325 g/mol. The van der Waals surface area contributed by atoms with Crippen LogP contribution in [0.25, 0.3) is 0 Å². The quantitative estimate of drug-likeness (QED) is 0.824. The van der Waals surface area contributed by atoms with Gasteiger partial charge in [0.05, 0.1) is 27.0 Å². The first-order valence-electron chi connectivity index (χ1n) is 6.05. The molecule has 2 aromatic rings. The van der Waals surface area contributed by atoms with Gasteiger partial charge in [0.2, 0.25) is 5.75 Å². The second kappa shape index (κ2) is 6.68. The molecule has 0 aliphatic rings. The molecule has 1 aromatic heterocycles. The summed E-state index contributed by atoms with van der Waals surface area (Å²) in [7, 11) is 4.71. The van der Waals surface area contributed by atoms with Crippen molar-refractivity contribution >= 4 is 24.4 Å². The van der Waals surface area contributed by atoms with Gasteiger partial charge in [-0.3, -0.25) is 5.10 Å². The van der Waals surface area contributed by atoms with E-state index in [9.17, 15) is 0 Å². The molecule has 0 atom stereocenters. The van der Waals surface area contributed by atoms with E-state index in [0.717, 1.165) is 5.56 Å². The molecule has 0 aliphatic heterocycles. The molecule has 21 heavy (non-hydrogen) atoms. The normalized spacial score (nSPS) is 10.2. The second-order valence-corrected chi connectivity index (χ2v) is 4.98. The Morgan fingerprint density at radius 1 is 1.05 bits per heavy atom. The molecule has 0 bridgehead atoms. The van der Waals surface area contributed by atoms with Gasteiger partial charge in [-0.25, -0.2) is 0 Å². The molecular formula is C13H15N3O3S2. The topological polar surface area (TPSA) is 72.2 Å². The molecule has 8 heteroatoms. The number of aromatic amines is 2. The Morgan fingerprint density at radius 2 is 1.67 bits per heavy atom. The van der Waals surface area contributed by atoms with Crippen molar-refractivity contribution in [2.45, 2.75) is 6.42 Å². The molecular weight excluding hydrogens is 310 g/mol. The number of benzene rings is 1. The van der Waals surface area contributed by atoms with Crippen molar-refractivity contribution in [3.63, 3.8) is 0 Å². The summed E-state index contributed by atoms with van der Waals surface area (Å²) in [4.78, 5) is 2.86. The Kier molecular flexibility index (Phi) is 4.92. The van der Waals surface area contributed by atoms with Crippen LogP contribution in [-0.4, -0.2) is 36.5 Å². The van der Waals surface area contributed by atoms with E-state index < -0.39 is 0 Å². The minimum Gasteiger partial charge on any atom is -0.493 e. The monoisotopic (exact) mass is 325 g/mol. The maximum absolute atomic E-state index is 5.32. The molecule has 1 heterocycles. The highest BCUT2D eigenvalue weighted by Gasteiger charge is 2.14. The fourth-order valence-corrected chi connectivity index (χ4v) is 2.36. The number of methoxy groups -OCH3 is 3. The lowest BCUT2D eigenvalue weighted by Crippen LogP contribution is -2.01. The van der Waals surface area contributed by atoms with E-state index in [4.69, 9.17) is 38.6 Å². The second-order valence-electron chi connectivity index (χ2n) is 4.16. The predicted octanol–water partition coefficient (Wildman–Crippen LogP) is 2.81. The molecule has 112 valence electrons. The largest absolute Gasteiger partial charge is 0.493 e. The number of nitrogens with one attached hydrogen (secondary N) is 2. The van der Waals surface area contributed by atoms with Gasteiger partial charge >= 0.3 is 0 Å². The Labute approximate surface area is 132 Å². The first kappa shape index (κ1) is 15.5. The number of hydrogen-bond donors (Lipinski definition) is 2. The lowest BCUT2D eigenvalue weighted by Gasteiger charge is -2.13. The van der Waals surface area contributed by atoms with Crippen molar-refractivity contribution < 1.29 is 14.2 Å². The number of nitrogens with zero attached hydrogens (tertiary/aromatic N) is 1. The van der Waals surface area contributed by atoms with Gasteiger partial charge in [-0.15, -0.1) is 0 Å². The summed E-state index contributed by atoms with van der Waals surface area (Å²) in [6.07, 6.45) is 0.512. The van der Waals surface area contributed by atoms with Crippen molar-refractivity contribution in [1.82, 2.24) is 15.2 Å². The third-order valence-electron chi connectivity index (χ3n) is 2.88. The van der Waals surface area contributed by atoms with Crippen LogP contribution in [0.2, 0.25) is 0 Å². The Hall–Kier alpha value is -1.93. The Morgan fingerprint density at radius 3 is 2.14 bits per heavy atom. The van der Waals surface area contributed by atoms with Crippen LogP contribution in [0.15, 0.2) is 12.1 Å². The van der Waals surface area contributed by atoms with Gasteiger partial charge in [0.15, 0.2) is 16.3 Å². The maximum atomic E-state index is 5.32.